The number of nitrogens with zero attached hydrogens (tertiary/aromatic N) is 1. The Morgan fingerprint density at radius 2 is 1.79 bits per heavy atom. The number of benzene rings is 2. The van der Waals surface area contributed by atoms with Crippen molar-refractivity contribution < 1.29 is 14.3 Å². The quantitative estimate of drug-likeness (QED) is 0.689. The lowest BCUT2D eigenvalue weighted by molar-refractivity contribution is -0.127. The fraction of sp³-hybridized carbons (Fsp3) is 0.375. The molecule has 1 saturated heterocycles. The van der Waals surface area contributed by atoms with Gasteiger partial charge in [-0.15, -0.1) is 0 Å². The first-order valence-corrected chi connectivity index (χ1v) is 9.84. The molecule has 2 aromatic rings. The Labute approximate surface area is 167 Å². The standard InChI is InChI=1S/C24H29NO3/c1-18(22-10-9-21(27-2)17-23(22)28-3)15-24(26)25-13-11-20(12-14-25)16-19-7-5-4-6-8-19/h4-10,15,17,20H,11-14,16H2,1-3H3/b18-15+. The Kier molecular flexibility index (Phi) is 6.75. The van der Waals surface area contributed by atoms with E-state index in [2.05, 4.69) is 30.3 Å². The van der Waals surface area contributed by atoms with Gasteiger partial charge in [0, 0.05) is 30.8 Å². The number of rotatable bonds is 6. The SMILES string of the molecule is COc1ccc(/C(C)=C/C(=O)N2CCC(Cc3ccccc3)CC2)c(OC)c1. The van der Waals surface area contributed by atoms with E-state index < -0.39 is 0 Å². The molecule has 4 heteroatoms. The lowest BCUT2D eigenvalue weighted by atomic mass is 9.90. The molecule has 1 amide bonds. The third-order valence-electron chi connectivity index (χ3n) is 5.47. The van der Waals surface area contributed by atoms with E-state index in [0.29, 0.717) is 11.7 Å². The number of hydrogen-bond donors (Lipinski definition) is 0. The highest BCUT2D eigenvalue weighted by atomic mass is 16.5. The van der Waals surface area contributed by atoms with Gasteiger partial charge in [-0.3, -0.25) is 4.79 Å². The maximum absolute atomic E-state index is 12.8. The minimum absolute atomic E-state index is 0.0773. The summed E-state index contributed by atoms with van der Waals surface area (Å²) < 4.78 is 10.7. The van der Waals surface area contributed by atoms with Gasteiger partial charge in [0.15, 0.2) is 0 Å². The molecule has 0 aliphatic carbocycles. The number of carbonyl (C=O) groups is 1. The number of allylic oxidation sites excluding steroid dienone is 1. The molecule has 0 atom stereocenters. The van der Waals surface area contributed by atoms with Crippen molar-refractivity contribution in [2.75, 3.05) is 27.3 Å². The first-order valence-electron chi connectivity index (χ1n) is 9.84. The van der Waals surface area contributed by atoms with Gasteiger partial charge in [0.1, 0.15) is 11.5 Å². The molecule has 0 spiro atoms. The first-order chi connectivity index (χ1) is 13.6. The van der Waals surface area contributed by atoms with Crippen molar-refractivity contribution in [3.8, 4) is 11.5 Å². The fourth-order valence-corrected chi connectivity index (χ4v) is 3.78. The molecule has 1 aliphatic rings. The number of carbonyl (C=O) groups excluding carboxylic acids is 1. The molecular weight excluding hydrogens is 350 g/mol. The Morgan fingerprint density at radius 1 is 1.07 bits per heavy atom. The summed E-state index contributed by atoms with van der Waals surface area (Å²) in [5.41, 5.74) is 3.20. The molecule has 1 fully saturated rings. The summed E-state index contributed by atoms with van der Waals surface area (Å²) >= 11 is 0. The third kappa shape index (κ3) is 4.94. The van der Waals surface area contributed by atoms with Crippen LogP contribution < -0.4 is 9.47 Å². The number of hydrogen-bond acceptors (Lipinski definition) is 3. The normalized spacial score (nSPS) is 15.4. The lowest BCUT2D eigenvalue weighted by Gasteiger charge is -2.31. The van der Waals surface area contributed by atoms with Crippen molar-refractivity contribution in [2.24, 2.45) is 5.92 Å². The monoisotopic (exact) mass is 379 g/mol. The van der Waals surface area contributed by atoms with Crippen LogP contribution in [0.4, 0.5) is 0 Å². The van der Waals surface area contributed by atoms with Crippen molar-refractivity contribution >= 4 is 11.5 Å². The molecule has 0 bridgehead atoms. The molecule has 0 saturated carbocycles. The van der Waals surface area contributed by atoms with Crippen LogP contribution >= 0.6 is 0 Å². The molecule has 0 unspecified atom stereocenters. The van der Waals surface area contributed by atoms with Crippen LogP contribution in [0.15, 0.2) is 54.6 Å². The molecule has 0 N–H and O–H groups in total. The van der Waals surface area contributed by atoms with E-state index in [1.807, 2.05) is 30.0 Å². The van der Waals surface area contributed by atoms with E-state index in [4.69, 9.17) is 9.47 Å². The lowest BCUT2D eigenvalue weighted by Crippen LogP contribution is -2.38. The minimum atomic E-state index is 0.0773. The van der Waals surface area contributed by atoms with E-state index in [1.54, 1.807) is 20.3 Å². The van der Waals surface area contributed by atoms with Crippen LogP contribution in [0.1, 0.15) is 30.9 Å². The summed E-state index contributed by atoms with van der Waals surface area (Å²) in [4.78, 5) is 14.7. The predicted molar refractivity (Wildman–Crippen MR) is 113 cm³/mol. The van der Waals surface area contributed by atoms with Crippen LogP contribution in [0.5, 0.6) is 11.5 Å². The van der Waals surface area contributed by atoms with Crippen LogP contribution in [-0.4, -0.2) is 38.1 Å². The molecule has 28 heavy (non-hydrogen) atoms. The van der Waals surface area contributed by atoms with Gasteiger partial charge in [0.2, 0.25) is 5.91 Å². The van der Waals surface area contributed by atoms with Crippen LogP contribution in [0, 0.1) is 5.92 Å². The number of methoxy groups -OCH3 is 2. The zero-order valence-electron chi connectivity index (χ0n) is 17.0. The van der Waals surface area contributed by atoms with Gasteiger partial charge in [0.25, 0.3) is 0 Å². The van der Waals surface area contributed by atoms with E-state index in [1.165, 1.54) is 5.56 Å². The van der Waals surface area contributed by atoms with Gasteiger partial charge in [0.05, 0.1) is 14.2 Å². The Morgan fingerprint density at radius 3 is 2.43 bits per heavy atom. The summed E-state index contributed by atoms with van der Waals surface area (Å²) in [6.45, 7) is 3.59. The molecule has 148 valence electrons. The summed E-state index contributed by atoms with van der Waals surface area (Å²) in [5.74, 6) is 2.18. The van der Waals surface area contributed by atoms with Crippen LogP contribution in [0.25, 0.3) is 5.57 Å². The van der Waals surface area contributed by atoms with E-state index in [-0.39, 0.29) is 5.91 Å². The van der Waals surface area contributed by atoms with E-state index in [9.17, 15) is 4.79 Å². The van der Waals surface area contributed by atoms with Gasteiger partial charge in [-0.1, -0.05) is 30.3 Å². The summed E-state index contributed by atoms with van der Waals surface area (Å²) in [6, 6.07) is 16.3. The number of piperidine rings is 1. The summed E-state index contributed by atoms with van der Waals surface area (Å²) in [5, 5.41) is 0. The van der Waals surface area contributed by atoms with Crippen LogP contribution in [0.3, 0.4) is 0 Å². The highest BCUT2D eigenvalue weighted by Crippen LogP contribution is 2.30. The summed E-state index contributed by atoms with van der Waals surface area (Å²) in [6.07, 6.45) is 4.93. The number of likely N-dealkylation sites (tertiary alicyclic amines) is 1. The molecule has 0 radical (unpaired) electrons. The van der Waals surface area contributed by atoms with Gasteiger partial charge >= 0.3 is 0 Å². The molecule has 3 rings (SSSR count). The zero-order chi connectivity index (χ0) is 19.9. The molecule has 1 aliphatic heterocycles. The second kappa shape index (κ2) is 9.45. The average Bonchev–Trinajstić information content (AvgIpc) is 2.74. The number of ether oxygens (including phenoxy) is 2. The summed E-state index contributed by atoms with van der Waals surface area (Å²) in [7, 11) is 3.26. The van der Waals surface area contributed by atoms with Crippen molar-refractivity contribution in [3.63, 3.8) is 0 Å². The van der Waals surface area contributed by atoms with Crippen LogP contribution in [0.2, 0.25) is 0 Å². The van der Waals surface area contributed by atoms with Gasteiger partial charge in [-0.25, -0.2) is 0 Å². The maximum atomic E-state index is 12.8. The largest absolute Gasteiger partial charge is 0.497 e. The van der Waals surface area contributed by atoms with Crippen molar-refractivity contribution in [1.82, 2.24) is 4.90 Å². The Hall–Kier alpha value is -2.75. The van der Waals surface area contributed by atoms with Crippen molar-refractivity contribution in [3.05, 3.63) is 65.7 Å². The second-order valence-electron chi connectivity index (χ2n) is 7.35. The predicted octanol–water partition coefficient (Wildman–Crippen LogP) is 4.59. The fourth-order valence-electron chi connectivity index (χ4n) is 3.78. The zero-order valence-corrected chi connectivity index (χ0v) is 17.0. The number of amides is 1. The van der Waals surface area contributed by atoms with Crippen LogP contribution in [-0.2, 0) is 11.2 Å². The topological polar surface area (TPSA) is 38.8 Å². The van der Waals surface area contributed by atoms with Gasteiger partial charge in [-0.2, -0.15) is 0 Å². The Bertz CT molecular complexity index is 821. The molecule has 0 aromatic heterocycles. The molecular formula is C24H29NO3. The molecule has 4 nitrogen and oxygen atoms in total. The Balaban J connectivity index is 1.60. The minimum Gasteiger partial charge on any atom is -0.497 e. The van der Waals surface area contributed by atoms with Gasteiger partial charge in [-0.05, 0) is 55.4 Å². The van der Waals surface area contributed by atoms with Gasteiger partial charge < -0.3 is 14.4 Å². The first kappa shape index (κ1) is 20.0. The molecule has 2 aromatic carbocycles. The smallest absolute Gasteiger partial charge is 0.246 e. The maximum Gasteiger partial charge on any atom is 0.246 e. The van der Waals surface area contributed by atoms with E-state index in [0.717, 1.165) is 49.2 Å². The van der Waals surface area contributed by atoms with Crippen molar-refractivity contribution in [2.45, 2.75) is 26.2 Å². The highest BCUT2D eigenvalue weighted by Gasteiger charge is 2.22. The average molecular weight is 380 g/mol. The van der Waals surface area contributed by atoms with E-state index >= 15 is 0 Å². The van der Waals surface area contributed by atoms with Crippen molar-refractivity contribution in [1.29, 1.82) is 0 Å². The third-order valence-corrected chi connectivity index (χ3v) is 5.47. The second-order valence-corrected chi connectivity index (χ2v) is 7.35. The highest BCUT2D eigenvalue weighted by molar-refractivity contribution is 5.95. The molecule has 1 heterocycles.